The molecule has 2 heterocycles. The number of aromatic nitrogens is 1. The van der Waals surface area contributed by atoms with E-state index in [2.05, 4.69) is 6.07 Å². The second-order valence-corrected chi connectivity index (χ2v) is 9.88. The van der Waals surface area contributed by atoms with Crippen LogP contribution in [0.2, 0.25) is 0 Å². The molecular formula is C32H29N3O5. The Hall–Kier alpha value is -4.90. The smallest absolute Gasteiger partial charge is 0.261 e. The van der Waals surface area contributed by atoms with Crippen LogP contribution in [-0.4, -0.2) is 28.4 Å². The number of imide groups is 1. The summed E-state index contributed by atoms with van der Waals surface area (Å²) in [5.41, 5.74) is 4.83. The fourth-order valence-electron chi connectivity index (χ4n) is 5.10. The van der Waals surface area contributed by atoms with Gasteiger partial charge in [-0.15, -0.1) is 0 Å². The summed E-state index contributed by atoms with van der Waals surface area (Å²) in [6.45, 7) is 4.18. The molecule has 0 saturated carbocycles. The lowest BCUT2D eigenvalue weighted by molar-refractivity contribution is -0.137. The largest absolute Gasteiger partial charge is 0.495 e. The monoisotopic (exact) mass is 535 g/mol. The number of nitrogens with zero attached hydrogens (tertiary/aromatic N) is 3. The summed E-state index contributed by atoms with van der Waals surface area (Å²) in [5.74, 6) is 0.429. The van der Waals surface area contributed by atoms with Gasteiger partial charge in [-0.05, 0) is 61.6 Å². The Kier molecular flexibility index (Phi) is 7.39. The number of rotatable bonds is 8. The maximum absolute atomic E-state index is 13.3. The number of amides is 2. The number of aryl methyl sites for hydroxylation is 1. The Bertz CT molecular complexity index is 1660. The molecule has 1 saturated heterocycles. The molecule has 8 heteroatoms. The van der Waals surface area contributed by atoms with Gasteiger partial charge in [-0.2, -0.15) is 5.26 Å². The predicted octanol–water partition coefficient (Wildman–Crippen LogP) is 4.49. The molecule has 0 spiro atoms. The number of carbonyl (C=O) groups excluding carboxylic acids is 2. The van der Waals surface area contributed by atoms with E-state index in [9.17, 15) is 19.6 Å². The zero-order valence-corrected chi connectivity index (χ0v) is 22.7. The number of likely N-dealkylation sites (tertiary alicyclic amines) is 1. The van der Waals surface area contributed by atoms with Crippen LogP contribution in [0.3, 0.4) is 0 Å². The molecule has 0 unspecified atom stereocenters. The fraction of sp³-hybridized carbons (Fsp3) is 0.250. The Morgan fingerprint density at radius 2 is 1.55 bits per heavy atom. The summed E-state index contributed by atoms with van der Waals surface area (Å²) in [4.78, 5) is 40.4. The highest BCUT2D eigenvalue weighted by Gasteiger charge is 2.39. The summed E-state index contributed by atoms with van der Waals surface area (Å²) in [5, 5.41) is 9.40. The minimum atomic E-state index is -0.263. The zero-order valence-electron chi connectivity index (χ0n) is 22.7. The molecule has 1 aliphatic carbocycles. The molecule has 40 heavy (non-hydrogen) atoms. The third kappa shape index (κ3) is 4.94. The molecule has 0 radical (unpaired) electrons. The average Bonchev–Trinajstić information content (AvgIpc) is 3.21. The molecule has 1 fully saturated rings. The number of ether oxygens (including phenoxy) is 2. The second kappa shape index (κ2) is 11.1. The fourth-order valence-corrected chi connectivity index (χ4v) is 5.10. The highest BCUT2D eigenvalue weighted by Crippen LogP contribution is 2.31. The number of hydrogen-bond donors (Lipinski definition) is 0. The number of benzene rings is 2. The van der Waals surface area contributed by atoms with Crippen LogP contribution in [0.15, 0.2) is 76.6 Å². The van der Waals surface area contributed by atoms with E-state index in [1.165, 1.54) is 12.0 Å². The lowest BCUT2D eigenvalue weighted by Gasteiger charge is -2.18. The van der Waals surface area contributed by atoms with E-state index in [1.54, 1.807) is 23.6 Å². The normalized spacial score (nSPS) is 14.4. The lowest BCUT2D eigenvalue weighted by atomic mass is 10.0. The first-order valence-electron chi connectivity index (χ1n) is 13.1. The second-order valence-electron chi connectivity index (χ2n) is 9.88. The first-order chi connectivity index (χ1) is 19.3. The maximum Gasteiger partial charge on any atom is 0.261 e. The Morgan fingerprint density at radius 1 is 0.875 bits per heavy atom. The van der Waals surface area contributed by atoms with Gasteiger partial charge in [-0.25, -0.2) is 0 Å². The number of nitriles is 1. The quantitative estimate of drug-likeness (QED) is 0.394. The molecule has 3 aromatic rings. The molecular weight excluding hydrogens is 506 g/mol. The molecule has 1 aromatic heterocycles. The van der Waals surface area contributed by atoms with E-state index in [0.717, 1.165) is 29.5 Å². The van der Waals surface area contributed by atoms with E-state index < -0.39 is 0 Å². The van der Waals surface area contributed by atoms with Gasteiger partial charge in [0.05, 0.1) is 31.3 Å². The number of pyridine rings is 1. The number of fused-ring (bicyclic) bond motifs is 1. The first-order valence-corrected chi connectivity index (χ1v) is 13.1. The Labute approximate surface area is 232 Å². The third-order valence-corrected chi connectivity index (χ3v) is 7.36. The van der Waals surface area contributed by atoms with E-state index in [0.29, 0.717) is 46.0 Å². The van der Waals surface area contributed by atoms with Gasteiger partial charge < -0.3 is 14.0 Å². The van der Waals surface area contributed by atoms with Gasteiger partial charge in [0.1, 0.15) is 24.2 Å². The Morgan fingerprint density at radius 3 is 2.20 bits per heavy atom. The van der Waals surface area contributed by atoms with Crippen LogP contribution in [0.25, 0.3) is 0 Å². The summed E-state index contributed by atoms with van der Waals surface area (Å²) >= 11 is 0. The van der Waals surface area contributed by atoms with Gasteiger partial charge in [-0.1, -0.05) is 42.5 Å². The van der Waals surface area contributed by atoms with Crippen LogP contribution in [0.5, 0.6) is 11.5 Å². The summed E-state index contributed by atoms with van der Waals surface area (Å²) in [7, 11) is 1.51. The highest BCUT2D eigenvalue weighted by molar-refractivity contribution is 6.24. The molecule has 202 valence electrons. The number of allylic oxidation sites excluding steroid dienone is 2. The molecule has 2 aromatic carbocycles. The van der Waals surface area contributed by atoms with Gasteiger partial charge >= 0.3 is 0 Å². The van der Waals surface area contributed by atoms with Crippen molar-refractivity contribution in [2.75, 3.05) is 7.11 Å². The topological polar surface area (TPSA) is 102 Å². The van der Waals surface area contributed by atoms with E-state index in [-0.39, 0.29) is 30.5 Å². The van der Waals surface area contributed by atoms with Crippen LogP contribution in [0, 0.1) is 25.2 Å². The number of carbonyl (C=O) groups is 2. The minimum Gasteiger partial charge on any atom is -0.495 e. The first kappa shape index (κ1) is 26.7. The van der Waals surface area contributed by atoms with Crippen LogP contribution >= 0.6 is 0 Å². The third-order valence-electron chi connectivity index (χ3n) is 7.36. The van der Waals surface area contributed by atoms with Crippen molar-refractivity contribution >= 4 is 11.8 Å². The minimum absolute atomic E-state index is 0.151. The average molecular weight is 536 g/mol. The summed E-state index contributed by atoms with van der Waals surface area (Å²) < 4.78 is 13.0. The highest BCUT2D eigenvalue weighted by atomic mass is 16.5. The predicted molar refractivity (Wildman–Crippen MR) is 149 cm³/mol. The molecule has 5 rings (SSSR count). The summed E-state index contributed by atoms with van der Waals surface area (Å²) in [6.07, 6.45) is 5.20. The van der Waals surface area contributed by atoms with Crippen molar-refractivity contribution in [2.24, 2.45) is 0 Å². The maximum atomic E-state index is 13.3. The van der Waals surface area contributed by atoms with Crippen LogP contribution in [-0.2, 0) is 29.3 Å². The molecule has 8 nitrogen and oxygen atoms in total. The molecule has 0 atom stereocenters. The molecule has 1 aliphatic heterocycles. The van der Waals surface area contributed by atoms with Crippen molar-refractivity contribution in [3.63, 3.8) is 0 Å². The zero-order chi connectivity index (χ0) is 28.4. The van der Waals surface area contributed by atoms with Crippen molar-refractivity contribution in [1.29, 1.82) is 5.26 Å². The van der Waals surface area contributed by atoms with Gasteiger partial charge in [0.25, 0.3) is 17.4 Å². The van der Waals surface area contributed by atoms with Crippen LogP contribution < -0.4 is 15.0 Å². The molecule has 2 aliphatic rings. The number of hydrogen-bond acceptors (Lipinski definition) is 6. The van der Waals surface area contributed by atoms with Crippen molar-refractivity contribution in [3.05, 3.63) is 116 Å². The summed E-state index contributed by atoms with van der Waals surface area (Å²) in [6, 6.07) is 16.7. The molecule has 2 amide bonds. The van der Waals surface area contributed by atoms with Gasteiger partial charge in [0.2, 0.25) is 0 Å². The van der Waals surface area contributed by atoms with Crippen LogP contribution in [0.1, 0.15) is 46.4 Å². The van der Waals surface area contributed by atoms with Gasteiger partial charge in [0.15, 0.2) is 0 Å². The van der Waals surface area contributed by atoms with E-state index in [4.69, 9.17) is 9.47 Å². The van der Waals surface area contributed by atoms with Crippen molar-refractivity contribution in [2.45, 2.75) is 46.4 Å². The SMILES string of the molecule is COc1ccc(Cn2c(C)cc(OCc3ccccc3CN3C(=O)C4=CCCC=C4C3=O)c(C)c2=O)cc1C#N. The molecule has 0 N–H and O–H groups in total. The van der Waals surface area contributed by atoms with Crippen molar-refractivity contribution < 1.29 is 19.1 Å². The van der Waals surface area contributed by atoms with Crippen molar-refractivity contribution in [1.82, 2.24) is 9.47 Å². The standard InChI is InChI=1S/C32H29N3O5/c1-20-14-29(21(2)30(36)34(20)17-22-12-13-28(39-3)25(15-22)16-33)40-19-24-9-5-4-8-23(24)18-35-31(37)26-10-6-7-11-27(26)32(35)38/h4-5,8-15H,6-7,17-19H2,1-3H3. The number of methoxy groups -OCH3 is 1. The Balaban J connectivity index is 1.34. The van der Waals surface area contributed by atoms with E-state index in [1.807, 2.05) is 55.5 Å². The van der Waals surface area contributed by atoms with E-state index >= 15 is 0 Å². The molecule has 0 bridgehead atoms. The lowest BCUT2D eigenvalue weighted by Crippen LogP contribution is -2.29. The van der Waals surface area contributed by atoms with Crippen molar-refractivity contribution in [3.8, 4) is 17.6 Å². The van der Waals surface area contributed by atoms with Gasteiger partial charge in [-0.3, -0.25) is 19.3 Å². The van der Waals surface area contributed by atoms with Crippen LogP contribution in [0.4, 0.5) is 0 Å². The van der Waals surface area contributed by atoms with Gasteiger partial charge in [0, 0.05) is 16.8 Å².